The number of rotatable bonds is 10. The molecule has 0 unspecified atom stereocenters. The molecule has 0 radical (unpaired) electrons. The molecule has 9 heteroatoms. The highest BCUT2D eigenvalue weighted by Gasteiger charge is 2.32. The molecule has 1 N–H and O–H groups in total. The molecular weight excluding hydrogens is 498 g/mol. The molecule has 1 atom stereocenters. The normalized spacial score (nSPS) is 15.2. The van der Waals surface area contributed by atoms with Gasteiger partial charge in [-0.2, -0.15) is 0 Å². The summed E-state index contributed by atoms with van der Waals surface area (Å²) in [6.45, 7) is 3.64. The summed E-state index contributed by atoms with van der Waals surface area (Å²) in [5, 5.41) is 3.61. The number of amides is 2. The van der Waals surface area contributed by atoms with Crippen molar-refractivity contribution in [3.63, 3.8) is 0 Å². The first-order chi connectivity index (χ1) is 17.1. The van der Waals surface area contributed by atoms with Gasteiger partial charge in [-0.05, 0) is 56.0 Å². The van der Waals surface area contributed by atoms with Gasteiger partial charge in [-0.1, -0.05) is 67.6 Å². The molecule has 0 aromatic heterocycles. The van der Waals surface area contributed by atoms with Gasteiger partial charge in [0.15, 0.2) is 0 Å². The summed E-state index contributed by atoms with van der Waals surface area (Å²) >= 11 is 5.98. The maximum absolute atomic E-state index is 13.7. The maximum atomic E-state index is 13.7. The number of nitrogens with zero attached hydrogens (tertiary/aromatic N) is 2. The van der Waals surface area contributed by atoms with Crippen LogP contribution in [0.3, 0.4) is 0 Å². The third-order valence-electron chi connectivity index (χ3n) is 6.60. The Labute approximate surface area is 219 Å². The molecule has 2 aromatic rings. The van der Waals surface area contributed by atoms with Crippen LogP contribution in [0.15, 0.2) is 48.5 Å². The summed E-state index contributed by atoms with van der Waals surface area (Å²) in [6.07, 6.45) is 6.69. The molecule has 1 fully saturated rings. The Morgan fingerprint density at radius 2 is 1.64 bits per heavy atom. The molecule has 0 saturated heterocycles. The number of halogens is 1. The number of carbonyl (C=O) groups excluding carboxylic acids is 2. The quantitative estimate of drug-likeness (QED) is 0.481. The van der Waals surface area contributed by atoms with Gasteiger partial charge in [-0.3, -0.25) is 13.9 Å². The van der Waals surface area contributed by atoms with Crippen molar-refractivity contribution >= 4 is 39.1 Å². The summed E-state index contributed by atoms with van der Waals surface area (Å²) in [5.74, 6) is -0.635. The van der Waals surface area contributed by atoms with Gasteiger partial charge in [0.25, 0.3) is 0 Å². The van der Waals surface area contributed by atoms with Crippen molar-refractivity contribution in [2.75, 3.05) is 17.1 Å². The van der Waals surface area contributed by atoms with E-state index < -0.39 is 28.5 Å². The lowest BCUT2D eigenvalue weighted by atomic mass is 9.95. The second kappa shape index (κ2) is 12.6. The lowest BCUT2D eigenvalue weighted by Crippen LogP contribution is -2.53. The highest BCUT2D eigenvalue weighted by Crippen LogP contribution is 2.23. The second-order valence-corrected chi connectivity index (χ2v) is 11.9. The van der Waals surface area contributed by atoms with Crippen LogP contribution in [-0.4, -0.2) is 50.0 Å². The van der Waals surface area contributed by atoms with Crippen LogP contribution >= 0.6 is 11.6 Å². The summed E-state index contributed by atoms with van der Waals surface area (Å²) in [4.78, 5) is 28.6. The van der Waals surface area contributed by atoms with Crippen LogP contribution in [-0.2, 0) is 26.2 Å². The van der Waals surface area contributed by atoms with E-state index in [1.54, 1.807) is 24.3 Å². The van der Waals surface area contributed by atoms with Crippen LogP contribution in [0.25, 0.3) is 0 Å². The Morgan fingerprint density at radius 1 is 1.03 bits per heavy atom. The summed E-state index contributed by atoms with van der Waals surface area (Å²) in [5.41, 5.74) is 2.30. The van der Waals surface area contributed by atoms with Crippen LogP contribution in [0.5, 0.6) is 0 Å². The molecular formula is C27H36ClN3O4S. The molecule has 0 aliphatic heterocycles. The minimum absolute atomic E-state index is 0.109. The number of sulfonamides is 1. The zero-order valence-electron chi connectivity index (χ0n) is 21.2. The molecule has 1 aliphatic carbocycles. The van der Waals surface area contributed by atoms with E-state index >= 15 is 0 Å². The van der Waals surface area contributed by atoms with Gasteiger partial charge in [-0.15, -0.1) is 0 Å². The Bertz CT molecular complexity index is 1130. The van der Waals surface area contributed by atoms with Gasteiger partial charge in [0.1, 0.15) is 12.6 Å². The zero-order chi connectivity index (χ0) is 26.3. The molecule has 36 heavy (non-hydrogen) atoms. The Morgan fingerprint density at radius 3 is 2.19 bits per heavy atom. The fourth-order valence-corrected chi connectivity index (χ4v) is 5.55. The first kappa shape index (κ1) is 28.0. The molecule has 7 nitrogen and oxygen atoms in total. The smallest absolute Gasteiger partial charge is 0.244 e. The van der Waals surface area contributed by atoms with Crippen molar-refractivity contribution in [1.29, 1.82) is 0 Å². The van der Waals surface area contributed by atoms with Crippen molar-refractivity contribution in [3.05, 3.63) is 64.7 Å². The van der Waals surface area contributed by atoms with Gasteiger partial charge < -0.3 is 10.2 Å². The fourth-order valence-electron chi connectivity index (χ4n) is 4.58. The van der Waals surface area contributed by atoms with E-state index in [0.717, 1.165) is 47.4 Å². The van der Waals surface area contributed by atoms with Crippen molar-refractivity contribution < 1.29 is 18.0 Å². The minimum Gasteiger partial charge on any atom is -0.352 e. The Hall–Kier alpha value is -2.58. The molecule has 1 saturated carbocycles. The van der Waals surface area contributed by atoms with Gasteiger partial charge in [0.05, 0.1) is 11.9 Å². The maximum Gasteiger partial charge on any atom is 0.244 e. The van der Waals surface area contributed by atoms with Crippen molar-refractivity contribution in [2.24, 2.45) is 0 Å². The second-order valence-electron chi connectivity index (χ2n) is 9.52. The van der Waals surface area contributed by atoms with Gasteiger partial charge in [0.2, 0.25) is 21.8 Å². The van der Waals surface area contributed by atoms with E-state index in [1.165, 1.54) is 11.3 Å². The summed E-state index contributed by atoms with van der Waals surface area (Å²) in [6, 6.07) is 13.4. The first-order valence-electron chi connectivity index (χ1n) is 12.5. The van der Waals surface area contributed by atoms with E-state index in [4.69, 9.17) is 11.6 Å². The van der Waals surface area contributed by atoms with E-state index in [0.29, 0.717) is 17.1 Å². The van der Waals surface area contributed by atoms with E-state index in [2.05, 4.69) is 5.32 Å². The lowest BCUT2D eigenvalue weighted by Gasteiger charge is -2.34. The first-order valence-corrected chi connectivity index (χ1v) is 14.7. The third-order valence-corrected chi connectivity index (χ3v) is 8.00. The van der Waals surface area contributed by atoms with Crippen LogP contribution < -0.4 is 9.62 Å². The number of hydrogen-bond donors (Lipinski definition) is 1. The van der Waals surface area contributed by atoms with E-state index in [9.17, 15) is 18.0 Å². The molecule has 0 heterocycles. The van der Waals surface area contributed by atoms with Crippen LogP contribution in [0, 0.1) is 6.92 Å². The molecule has 1 aliphatic rings. The lowest BCUT2D eigenvalue weighted by molar-refractivity contribution is -0.140. The van der Waals surface area contributed by atoms with Crippen molar-refractivity contribution in [1.82, 2.24) is 10.2 Å². The minimum atomic E-state index is -3.77. The Kier molecular flexibility index (Phi) is 9.79. The number of anilines is 1. The zero-order valence-corrected chi connectivity index (χ0v) is 22.8. The molecule has 3 rings (SSSR count). The molecule has 196 valence electrons. The van der Waals surface area contributed by atoms with Gasteiger partial charge >= 0.3 is 0 Å². The number of aryl methyl sites for hydroxylation is 1. The average Bonchev–Trinajstić information content (AvgIpc) is 2.84. The Balaban J connectivity index is 1.89. The molecule has 2 aromatic carbocycles. The molecule has 2 amide bonds. The highest BCUT2D eigenvalue weighted by atomic mass is 35.5. The summed E-state index contributed by atoms with van der Waals surface area (Å²) in [7, 11) is -3.77. The third kappa shape index (κ3) is 7.71. The summed E-state index contributed by atoms with van der Waals surface area (Å²) < 4.78 is 26.4. The standard InChI is InChI=1S/C27H36ClN3O4S/c1-4-25(27(33)29-23-8-6-5-7-9-23)30(18-21-12-10-20(2)11-13-21)26(32)19-31(36(3,34)35)24-16-14-22(28)15-17-24/h10-17,23,25H,4-9,18-19H2,1-3H3,(H,29,33)/t25-/m1/s1. The monoisotopic (exact) mass is 533 g/mol. The molecule has 0 bridgehead atoms. The van der Waals surface area contributed by atoms with Crippen LogP contribution in [0.4, 0.5) is 5.69 Å². The number of benzene rings is 2. The predicted molar refractivity (Wildman–Crippen MR) is 144 cm³/mol. The van der Waals surface area contributed by atoms with Crippen molar-refractivity contribution in [2.45, 2.75) is 71.0 Å². The topological polar surface area (TPSA) is 86.8 Å². The van der Waals surface area contributed by atoms with E-state index in [-0.39, 0.29) is 18.5 Å². The fraction of sp³-hybridized carbons (Fsp3) is 0.481. The number of hydrogen-bond acceptors (Lipinski definition) is 4. The van der Waals surface area contributed by atoms with Crippen LogP contribution in [0.2, 0.25) is 5.02 Å². The molecule has 0 spiro atoms. The number of carbonyl (C=O) groups is 2. The van der Waals surface area contributed by atoms with E-state index in [1.807, 2.05) is 38.1 Å². The number of nitrogens with one attached hydrogen (secondary N) is 1. The average molecular weight is 534 g/mol. The van der Waals surface area contributed by atoms with Gasteiger partial charge in [0, 0.05) is 17.6 Å². The SMILES string of the molecule is CC[C@H](C(=O)NC1CCCCC1)N(Cc1ccc(C)cc1)C(=O)CN(c1ccc(Cl)cc1)S(C)(=O)=O. The predicted octanol–water partition coefficient (Wildman–Crippen LogP) is 4.67. The largest absolute Gasteiger partial charge is 0.352 e. The van der Waals surface area contributed by atoms with Gasteiger partial charge in [-0.25, -0.2) is 8.42 Å². The van der Waals surface area contributed by atoms with Crippen molar-refractivity contribution in [3.8, 4) is 0 Å². The van der Waals surface area contributed by atoms with Crippen LogP contribution in [0.1, 0.15) is 56.6 Å². The highest BCUT2D eigenvalue weighted by molar-refractivity contribution is 7.92.